The van der Waals surface area contributed by atoms with Crippen LogP contribution in [0.2, 0.25) is 0 Å². The molecule has 0 aliphatic rings. The van der Waals surface area contributed by atoms with E-state index in [1.54, 1.807) is 30.6 Å². The molecule has 0 N–H and O–H groups in total. The highest BCUT2D eigenvalue weighted by atomic mass is 32.1. The van der Waals surface area contributed by atoms with Gasteiger partial charge in [-0.25, -0.2) is 4.39 Å². The molecule has 0 aliphatic carbocycles. The predicted molar refractivity (Wildman–Crippen MR) is 70.4 cm³/mol. The maximum Gasteiger partial charge on any atom is 0.132 e. The minimum absolute atomic E-state index is 0.206. The van der Waals surface area contributed by atoms with E-state index in [-0.39, 0.29) is 5.82 Å². The van der Waals surface area contributed by atoms with E-state index in [1.807, 2.05) is 6.07 Å². The zero-order valence-electron chi connectivity index (χ0n) is 10.2. The molecule has 0 amide bonds. The lowest BCUT2D eigenvalue weighted by Gasteiger charge is -2.04. The summed E-state index contributed by atoms with van der Waals surface area (Å²) in [4.78, 5) is 2.22. The summed E-state index contributed by atoms with van der Waals surface area (Å²) in [6.07, 6.45) is 0. The van der Waals surface area contributed by atoms with Crippen LogP contribution >= 0.6 is 11.3 Å². The van der Waals surface area contributed by atoms with Crippen molar-refractivity contribution in [1.29, 1.82) is 0 Å². The van der Waals surface area contributed by atoms with E-state index >= 15 is 0 Å². The Hall–Kier alpha value is -1.35. The zero-order valence-corrected chi connectivity index (χ0v) is 11.0. The number of benzene rings is 1. The average Bonchev–Trinajstić information content (AvgIpc) is 2.79. The van der Waals surface area contributed by atoms with Crippen LogP contribution in [0, 0.1) is 5.82 Å². The van der Waals surface area contributed by atoms with Gasteiger partial charge in [0.25, 0.3) is 0 Å². The van der Waals surface area contributed by atoms with Gasteiger partial charge in [-0.15, -0.1) is 11.3 Å². The van der Waals surface area contributed by atoms with Crippen molar-refractivity contribution in [1.82, 2.24) is 0 Å². The Kier molecular flexibility index (Phi) is 3.48. The van der Waals surface area contributed by atoms with Gasteiger partial charge in [0, 0.05) is 15.3 Å². The molecule has 2 rings (SSSR count). The largest absolute Gasteiger partial charge is 0.497 e. The van der Waals surface area contributed by atoms with Crippen LogP contribution in [-0.2, 0) is 0 Å². The molecular weight excluding hydrogens is 235 g/mol. The second kappa shape index (κ2) is 4.88. The minimum Gasteiger partial charge on any atom is -0.497 e. The first-order valence-corrected chi connectivity index (χ1v) is 6.37. The molecule has 1 aromatic carbocycles. The molecule has 2 aromatic rings. The first kappa shape index (κ1) is 12.1. The van der Waals surface area contributed by atoms with Crippen LogP contribution in [-0.4, -0.2) is 7.11 Å². The highest BCUT2D eigenvalue weighted by Gasteiger charge is 2.10. The SMILES string of the molecule is COc1ccc(F)c(-c2ccc(C(C)C)s2)c1. The summed E-state index contributed by atoms with van der Waals surface area (Å²) >= 11 is 1.63. The van der Waals surface area contributed by atoms with Gasteiger partial charge in [0.2, 0.25) is 0 Å². The van der Waals surface area contributed by atoms with Crippen molar-refractivity contribution in [3.8, 4) is 16.2 Å². The van der Waals surface area contributed by atoms with E-state index in [0.717, 1.165) is 4.88 Å². The van der Waals surface area contributed by atoms with E-state index in [4.69, 9.17) is 4.74 Å². The summed E-state index contributed by atoms with van der Waals surface area (Å²) in [5, 5.41) is 0. The molecule has 90 valence electrons. The van der Waals surface area contributed by atoms with Gasteiger partial charge in [-0.2, -0.15) is 0 Å². The molecule has 0 spiro atoms. The van der Waals surface area contributed by atoms with Crippen LogP contribution < -0.4 is 4.74 Å². The molecule has 0 fully saturated rings. The van der Waals surface area contributed by atoms with Crippen LogP contribution in [0.1, 0.15) is 24.6 Å². The molecular formula is C14H15FOS. The van der Waals surface area contributed by atoms with E-state index in [9.17, 15) is 4.39 Å². The van der Waals surface area contributed by atoms with Gasteiger partial charge in [0.15, 0.2) is 0 Å². The Morgan fingerprint density at radius 1 is 1.18 bits per heavy atom. The summed E-state index contributed by atoms with van der Waals surface area (Å²) < 4.78 is 18.9. The highest BCUT2D eigenvalue weighted by Crippen LogP contribution is 2.35. The fourth-order valence-corrected chi connectivity index (χ4v) is 2.66. The van der Waals surface area contributed by atoms with Crippen molar-refractivity contribution in [3.63, 3.8) is 0 Å². The summed E-state index contributed by atoms with van der Waals surface area (Å²) in [6.45, 7) is 4.27. The first-order valence-electron chi connectivity index (χ1n) is 5.55. The predicted octanol–water partition coefficient (Wildman–Crippen LogP) is 4.69. The van der Waals surface area contributed by atoms with Gasteiger partial charge in [-0.3, -0.25) is 0 Å². The number of thiophene rings is 1. The summed E-state index contributed by atoms with van der Waals surface area (Å²) in [5.74, 6) is 0.950. The molecule has 0 saturated carbocycles. The molecule has 0 unspecified atom stereocenters. The number of ether oxygens (including phenoxy) is 1. The molecule has 0 atom stereocenters. The molecule has 17 heavy (non-hydrogen) atoms. The van der Waals surface area contributed by atoms with Crippen molar-refractivity contribution in [2.24, 2.45) is 0 Å². The van der Waals surface area contributed by atoms with E-state index in [0.29, 0.717) is 17.2 Å². The number of rotatable bonds is 3. The molecule has 1 aromatic heterocycles. The smallest absolute Gasteiger partial charge is 0.132 e. The highest BCUT2D eigenvalue weighted by molar-refractivity contribution is 7.15. The fourth-order valence-electron chi connectivity index (χ4n) is 1.63. The maximum atomic E-state index is 13.8. The lowest BCUT2D eigenvalue weighted by Crippen LogP contribution is -1.86. The van der Waals surface area contributed by atoms with Crippen molar-refractivity contribution in [2.75, 3.05) is 7.11 Å². The van der Waals surface area contributed by atoms with Crippen LogP contribution in [0.3, 0.4) is 0 Å². The van der Waals surface area contributed by atoms with Gasteiger partial charge in [-0.1, -0.05) is 13.8 Å². The topological polar surface area (TPSA) is 9.23 Å². The Bertz CT molecular complexity index is 517. The van der Waals surface area contributed by atoms with Gasteiger partial charge in [0.1, 0.15) is 11.6 Å². The third-order valence-electron chi connectivity index (χ3n) is 2.63. The second-order valence-electron chi connectivity index (χ2n) is 4.20. The fraction of sp³-hybridized carbons (Fsp3) is 0.286. The van der Waals surface area contributed by atoms with Crippen molar-refractivity contribution in [3.05, 3.63) is 41.0 Å². The van der Waals surface area contributed by atoms with Gasteiger partial charge >= 0.3 is 0 Å². The molecule has 1 nitrogen and oxygen atoms in total. The Labute approximate surface area is 105 Å². The normalized spacial score (nSPS) is 10.9. The monoisotopic (exact) mass is 250 g/mol. The standard InChI is InChI=1S/C14H15FOS/c1-9(2)13-6-7-14(17-13)11-8-10(16-3)4-5-12(11)15/h4-9H,1-3H3. The quantitative estimate of drug-likeness (QED) is 0.768. The van der Waals surface area contributed by atoms with Crippen molar-refractivity contribution >= 4 is 11.3 Å². The average molecular weight is 250 g/mol. The first-order chi connectivity index (χ1) is 8.11. The molecule has 1 heterocycles. The number of hydrogen-bond acceptors (Lipinski definition) is 2. The molecule has 0 radical (unpaired) electrons. The minimum atomic E-state index is -0.206. The molecule has 3 heteroatoms. The second-order valence-corrected chi connectivity index (χ2v) is 5.32. The van der Waals surface area contributed by atoms with Crippen molar-refractivity contribution in [2.45, 2.75) is 19.8 Å². The van der Waals surface area contributed by atoms with Crippen molar-refractivity contribution < 1.29 is 9.13 Å². The molecule has 0 aliphatic heterocycles. The van der Waals surface area contributed by atoms with Crippen LogP contribution in [0.15, 0.2) is 30.3 Å². The molecule has 0 bridgehead atoms. The van der Waals surface area contributed by atoms with Crippen LogP contribution in [0.5, 0.6) is 5.75 Å². The Balaban J connectivity index is 2.44. The number of hydrogen-bond donors (Lipinski definition) is 0. The van der Waals surface area contributed by atoms with Crippen LogP contribution in [0.25, 0.3) is 10.4 Å². The zero-order chi connectivity index (χ0) is 12.4. The molecule has 0 saturated heterocycles. The van der Waals surface area contributed by atoms with E-state index in [1.165, 1.54) is 10.9 Å². The Morgan fingerprint density at radius 2 is 1.94 bits per heavy atom. The summed E-state index contributed by atoms with van der Waals surface area (Å²) in [7, 11) is 1.59. The third-order valence-corrected chi connectivity index (χ3v) is 4.05. The van der Waals surface area contributed by atoms with Gasteiger partial charge in [0.05, 0.1) is 7.11 Å². The van der Waals surface area contributed by atoms with Gasteiger partial charge in [-0.05, 0) is 36.2 Å². The Morgan fingerprint density at radius 3 is 2.53 bits per heavy atom. The van der Waals surface area contributed by atoms with Crippen LogP contribution in [0.4, 0.5) is 4.39 Å². The summed E-state index contributed by atoms with van der Waals surface area (Å²) in [6, 6.07) is 8.85. The lowest BCUT2D eigenvalue weighted by atomic mass is 10.1. The lowest BCUT2D eigenvalue weighted by molar-refractivity contribution is 0.414. The number of halogens is 1. The van der Waals surface area contributed by atoms with E-state index < -0.39 is 0 Å². The van der Waals surface area contributed by atoms with Gasteiger partial charge < -0.3 is 4.74 Å². The summed E-state index contributed by atoms with van der Waals surface area (Å²) in [5.41, 5.74) is 0.612. The maximum absolute atomic E-state index is 13.8. The third kappa shape index (κ3) is 2.50. The van der Waals surface area contributed by atoms with E-state index in [2.05, 4.69) is 19.9 Å². The number of methoxy groups -OCH3 is 1.